The van der Waals surface area contributed by atoms with Gasteiger partial charge in [0, 0.05) is 28.7 Å². The Morgan fingerprint density at radius 2 is 1.69 bits per heavy atom. The summed E-state index contributed by atoms with van der Waals surface area (Å²) in [6.07, 6.45) is 0. The summed E-state index contributed by atoms with van der Waals surface area (Å²) < 4.78 is 0. The van der Waals surface area contributed by atoms with Gasteiger partial charge in [-0.05, 0) is 38.1 Å². The van der Waals surface area contributed by atoms with Crippen molar-refractivity contribution in [3.63, 3.8) is 0 Å². The van der Waals surface area contributed by atoms with Crippen LogP contribution in [0.2, 0.25) is 0 Å². The van der Waals surface area contributed by atoms with Gasteiger partial charge >= 0.3 is 0 Å². The van der Waals surface area contributed by atoms with Crippen LogP contribution in [0.4, 0.5) is 11.4 Å². The number of aryl methyl sites for hydroxylation is 2. The lowest BCUT2D eigenvalue weighted by Crippen LogP contribution is -2.13. The quantitative estimate of drug-likeness (QED) is 0.708. The molecule has 26 heavy (non-hydrogen) atoms. The Kier molecular flexibility index (Phi) is 5.14. The molecular weight excluding hydrogens is 346 g/mol. The van der Waals surface area contributed by atoms with E-state index in [9.17, 15) is 9.59 Å². The van der Waals surface area contributed by atoms with Gasteiger partial charge in [0.1, 0.15) is 10.7 Å². The summed E-state index contributed by atoms with van der Waals surface area (Å²) in [5.41, 5.74) is 3.85. The molecule has 0 spiro atoms. The third kappa shape index (κ3) is 4.15. The highest BCUT2D eigenvalue weighted by molar-refractivity contribution is 7.15. The summed E-state index contributed by atoms with van der Waals surface area (Å²) in [4.78, 5) is 29.1. The van der Waals surface area contributed by atoms with Crippen molar-refractivity contribution in [2.75, 3.05) is 10.6 Å². The van der Waals surface area contributed by atoms with Crippen molar-refractivity contribution in [3.8, 4) is 10.6 Å². The average Bonchev–Trinajstić information content (AvgIpc) is 2.99. The van der Waals surface area contributed by atoms with E-state index in [0.29, 0.717) is 11.4 Å². The number of nitrogens with one attached hydrogen (secondary N) is 2. The number of thiazole rings is 1. The molecule has 0 atom stereocenters. The third-order valence-electron chi connectivity index (χ3n) is 3.75. The Hall–Kier alpha value is -2.99. The molecule has 5 nitrogen and oxygen atoms in total. The molecule has 2 amide bonds. The van der Waals surface area contributed by atoms with Crippen LogP contribution < -0.4 is 10.6 Å². The zero-order chi connectivity index (χ0) is 18.7. The maximum absolute atomic E-state index is 12.6. The van der Waals surface area contributed by atoms with E-state index in [4.69, 9.17) is 0 Å². The number of hydrogen-bond acceptors (Lipinski definition) is 4. The second-order valence-electron chi connectivity index (χ2n) is 6.01. The monoisotopic (exact) mass is 365 g/mol. The van der Waals surface area contributed by atoms with Gasteiger partial charge in [0.25, 0.3) is 5.91 Å². The molecule has 3 aromatic rings. The molecule has 2 aromatic carbocycles. The van der Waals surface area contributed by atoms with Crippen LogP contribution in [0.15, 0.2) is 48.5 Å². The van der Waals surface area contributed by atoms with Crippen LogP contribution in [0, 0.1) is 13.8 Å². The SMILES string of the molecule is CC(=O)Nc1cccc(-c2nc(C(=O)Nc3ccc(C)cc3)c(C)s2)c1. The molecule has 0 saturated heterocycles. The molecule has 0 aliphatic heterocycles. The summed E-state index contributed by atoms with van der Waals surface area (Å²) in [5, 5.41) is 6.37. The van der Waals surface area contributed by atoms with Gasteiger partial charge in [-0.15, -0.1) is 11.3 Å². The summed E-state index contributed by atoms with van der Waals surface area (Å²) in [6, 6.07) is 15.1. The zero-order valence-electron chi connectivity index (χ0n) is 14.8. The van der Waals surface area contributed by atoms with E-state index in [1.165, 1.54) is 18.3 Å². The Morgan fingerprint density at radius 3 is 2.38 bits per heavy atom. The van der Waals surface area contributed by atoms with Crippen LogP contribution in [0.1, 0.15) is 27.9 Å². The molecule has 6 heteroatoms. The number of hydrogen-bond donors (Lipinski definition) is 2. The highest BCUT2D eigenvalue weighted by atomic mass is 32.1. The van der Waals surface area contributed by atoms with Gasteiger partial charge in [-0.1, -0.05) is 29.8 Å². The molecule has 0 bridgehead atoms. The summed E-state index contributed by atoms with van der Waals surface area (Å²) >= 11 is 1.45. The predicted molar refractivity (Wildman–Crippen MR) is 106 cm³/mol. The van der Waals surface area contributed by atoms with Gasteiger partial charge in [-0.2, -0.15) is 0 Å². The molecule has 0 radical (unpaired) electrons. The van der Waals surface area contributed by atoms with Crippen LogP contribution in [0.3, 0.4) is 0 Å². The Morgan fingerprint density at radius 1 is 0.962 bits per heavy atom. The van der Waals surface area contributed by atoms with E-state index < -0.39 is 0 Å². The molecule has 3 rings (SSSR count). The number of benzene rings is 2. The largest absolute Gasteiger partial charge is 0.326 e. The second-order valence-corrected chi connectivity index (χ2v) is 7.21. The van der Waals surface area contributed by atoms with Gasteiger partial charge in [0.15, 0.2) is 0 Å². The minimum Gasteiger partial charge on any atom is -0.326 e. The van der Waals surface area contributed by atoms with Gasteiger partial charge in [-0.25, -0.2) is 4.98 Å². The fourth-order valence-electron chi connectivity index (χ4n) is 2.49. The first-order chi connectivity index (χ1) is 12.4. The standard InChI is InChI=1S/C20H19N3O2S/c1-12-7-9-16(10-8-12)22-19(25)18-13(2)26-20(23-18)15-5-4-6-17(11-15)21-14(3)24/h4-11H,1-3H3,(H,21,24)(H,22,25). The van der Waals surface area contributed by atoms with Crippen molar-refractivity contribution >= 4 is 34.5 Å². The van der Waals surface area contributed by atoms with Crippen molar-refractivity contribution in [3.05, 3.63) is 64.7 Å². The molecule has 0 saturated carbocycles. The number of aromatic nitrogens is 1. The van der Waals surface area contributed by atoms with Crippen LogP contribution in [-0.2, 0) is 4.79 Å². The minimum atomic E-state index is -0.230. The van der Waals surface area contributed by atoms with Gasteiger partial charge < -0.3 is 10.6 Å². The number of carbonyl (C=O) groups is 2. The topological polar surface area (TPSA) is 71.1 Å². The Labute approximate surface area is 156 Å². The molecule has 1 aromatic heterocycles. The van der Waals surface area contributed by atoms with Crippen molar-refractivity contribution in [1.82, 2.24) is 4.98 Å². The van der Waals surface area contributed by atoms with Crippen LogP contribution >= 0.6 is 11.3 Å². The first kappa shape index (κ1) is 17.8. The fraction of sp³-hybridized carbons (Fsp3) is 0.150. The lowest BCUT2D eigenvalue weighted by Gasteiger charge is -2.04. The number of amides is 2. The lowest BCUT2D eigenvalue weighted by atomic mass is 10.2. The van der Waals surface area contributed by atoms with Crippen molar-refractivity contribution < 1.29 is 9.59 Å². The normalized spacial score (nSPS) is 10.4. The first-order valence-electron chi connectivity index (χ1n) is 8.16. The summed E-state index contributed by atoms with van der Waals surface area (Å²) in [7, 11) is 0. The smallest absolute Gasteiger partial charge is 0.275 e. The zero-order valence-corrected chi connectivity index (χ0v) is 15.6. The minimum absolute atomic E-state index is 0.129. The molecule has 0 aliphatic rings. The van der Waals surface area contributed by atoms with Crippen molar-refractivity contribution in [1.29, 1.82) is 0 Å². The molecule has 0 unspecified atom stereocenters. The molecular formula is C20H19N3O2S. The van der Waals surface area contributed by atoms with Crippen LogP contribution in [0.5, 0.6) is 0 Å². The van der Waals surface area contributed by atoms with E-state index >= 15 is 0 Å². The average molecular weight is 365 g/mol. The van der Waals surface area contributed by atoms with E-state index in [1.54, 1.807) is 0 Å². The number of nitrogens with zero attached hydrogens (tertiary/aromatic N) is 1. The van der Waals surface area contributed by atoms with Gasteiger partial charge in [-0.3, -0.25) is 9.59 Å². The predicted octanol–water partition coefficient (Wildman–Crippen LogP) is 4.64. The number of carbonyl (C=O) groups excluding carboxylic acids is 2. The fourth-order valence-corrected chi connectivity index (χ4v) is 3.40. The van der Waals surface area contributed by atoms with Crippen LogP contribution in [-0.4, -0.2) is 16.8 Å². The van der Waals surface area contributed by atoms with Gasteiger partial charge in [0.05, 0.1) is 0 Å². The highest BCUT2D eigenvalue weighted by Gasteiger charge is 2.17. The van der Waals surface area contributed by atoms with E-state index in [-0.39, 0.29) is 11.8 Å². The number of rotatable bonds is 4. The van der Waals surface area contributed by atoms with Crippen LogP contribution in [0.25, 0.3) is 10.6 Å². The summed E-state index contributed by atoms with van der Waals surface area (Å²) in [5.74, 6) is -0.359. The number of anilines is 2. The first-order valence-corrected chi connectivity index (χ1v) is 8.97. The van der Waals surface area contributed by atoms with Crippen molar-refractivity contribution in [2.45, 2.75) is 20.8 Å². The van der Waals surface area contributed by atoms with E-state index in [1.807, 2.05) is 62.4 Å². The molecule has 0 aliphatic carbocycles. The Bertz CT molecular complexity index is 961. The third-order valence-corrected chi connectivity index (χ3v) is 4.77. The maximum atomic E-state index is 12.6. The second kappa shape index (κ2) is 7.49. The Balaban J connectivity index is 1.83. The van der Waals surface area contributed by atoms with Crippen molar-refractivity contribution in [2.24, 2.45) is 0 Å². The van der Waals surface area contributed by atoms with E-state index in [0.717, 1.165) is 26.7 Å². The molecule has 0 fully saturated rings. The molecule has 132 valence electrons. The molecule has 1 heterocycles. The lowest BCUT2D eigenvalue weighted by molar-refractivity contribution is -0.114. The summed E-state index contributed by atoms with van der Waals surface area (Å²) in [6.45, 7) is 5.34. The van der Waals surface area contributed by atoms with E-state index in [2.05, 4.69) is 15.6 Å². The van der Waals surface area contributed by atoms with Gasteiger partial charge in [0.2, 0.25) is 5.91 Å². The molecule has 2 N–H and O–H groups in total. The highest BCUT2D eigenvalue weighted by Crippen LogP contribution is 2.29. The maximum Gasteiger partial charge on any atom is 0.275 e.